The SMILES string of the molecule is O=C(/C=C(\CC(=O)c1ccccc1)C(=O)c1ccccc1)c1ccccc1. The fraction of sp³-hybridized carbons (Fsp3) is 0.0417. The standard InChI is InChI=1S/C24H18O3/c25-22(18-10-4-1-5-11-18)16-21(24(27)20-14-8-3-9-15-20)17-23(26)19-12-6-2-7-13-19/h1-16H,17H2/b21-16+. The summed E-state index contributed by atoms with van der Waals surface area (Å²) in [4.78, 5) is 38.1. The Hall–Kier alpha value is -3.59. The number of carbonyl (C=O) groups excluding carboxylic acids is 3. The zero-order valence-corrected chi connectivity index (χ0v) is 14.7. The monoisotopic (exact) mass is 354 g/mol. The van der Waals surface area contributed by atoms with E-state index >= 15 is 0 Å². The summed E-state index contributed by atoms with van der Waals surface area (Å²) in [6.45, 7) is 0. The molecule has 132 valence electrons. The van der Waals surface area contributed by atoms with Gasteiger partial charge in [-0.25, -0.2) is 0 Å². The van der Waals surface area contributed by atoms with Gasteiger partial charge in [0.2, 0.25) is 0 Å². The summed E-state index contributed by atoms with van der Waals surface area (Å²) in [5, 5.41) is 0. The Morgan fingerprint density at radius 1 is 0.593 bits per heavy atom. The second-order valence-corrected chi connectivity index (χ2v) is 6.06. The molecular formula is C24H18O3. The van der Waals surface area contributed by atoms with Crippen molar-refractivity contribution in [3.63, 3.8) is 0 Å². The summed E-state index contributed by atoms with van der Waals surface area (Å²) in [5.74, 6) is -0.813. The molecule has 0 amide bonds. The summed E-state index contributed by atoms with van der Waals surface area (Å²) < 4.78 is 0. The average Bonchev–Trinajstić information content (AvgIpc) is 2.74. The Morgan fingerprint density at radius 2 is 1.04 bits per heavy atom. The maximum absolute atomic E-state index is 12.9. The first-order chi connectivity index (χ1) is 13.1. The molecule has 0 aliphatic rings. The van der Waals surface area contributed by atoms with Crippen LogP contribution in [0.3, 0.4) is 0 Å². The highest BCUT2D eigenvalue weighted by Crippen LogP contribution is 2.17. The van der Waals surface area contributed by atoms with E-state index in [0.717, 1.165) is 0 Å². The van der Waals surface area contributed by atoms with Gasteiger partial charge in [-0.15, -0.1) is 0 Å². The van der Waals surface area contributed by atoms with E-state index in [1.807, 2.05) is 18.2 Å². The lowest BCUT2D eigenvalue weighted by atomic mass is 9.94. The first kappa shape index (κ1) is 18.2. The van der Waals surface area contributed by atoms with Crippen LogP contribution in [0.2, 0.25) is 0 Å². The number of hydrogen-bond donors (Lipinski definition) is 0. The van der Waals surface area contributed by atoms with E-state index in [1.54, 1.807) is 72.8 Å². The van der Waals surface area contributed by atoms with Crippen molar-refractivity contribution >= 4 is 17.3 Å². The number of carbonyl (C=O) groups is 3. The maximum Gasteiger partial charge on any atom is 0.189 e. The zero-order valence-electron chi connectivity index (χ0n) is 14.7. The number of rotatable bonds is 7. The Labute approximate surface area is 158 Å². The second kappa shape index (κ2) is 8.68. The van der Waals surface area contributed by atoms with Crippen molar-refractivity contribution in [1.29, 1.82) is 0 Å². The number of Topliss-reactive ketones (excluding diaryl/α,β-unsaturated/α-hetero) is 2. The van der Waals surface area contributed by atoms with E-state index in [4.69, 9.17) is 0 Å². The molecule has 0 aliphatic carbocycles. The predicted octanol–water partition coefficient (Wildman–Crippen LogP) is 4.95. The third-order valence-electron chi connectivity index (χ3n) is 4.14. The Kier molecular flexibility index (Phi) is 5.85. The maximum atomic E-state index is 12.9. The fourth-order valence-electron chi connectivity index (χ4n) is 2.71. The zero-order chi connectivity index (χ0) is 19.1. The lowest BCUT2D eigenvalue weighted by Crippen LogP contribution is -2.11. The highest BCUT2D eigenvalue weighted by Gasteiger charge is 2.18. The molecule has 0 saturated heterocycles. The van der Waals surface area contributed by atoms with Crippen LogP contribution in [0.25, 0.3) is 0 Å². The molecule has 0 N–H and O–H groups in total. The molecule has 0 heterocycles. The van der Waals surface area contributed by atoms with Crippen molar-refractivity contribution in [3.05, 3.63) is 119 Å². The molecule has 27 heavy (non-hydrogen) atoms. The van der Waals surface area contributed by atoms with Crippen LogP contribution in [0.4, 0.5) is 0 Å². The number of ketones is 3. The third kappa shape index (κ3) is 4.73. The van der Waals surface area contributed by atoms with Gasteiger partial charge in [-0.1, -0.05) is 91.0 Å². The molecule has 0 bridgehead atoms. The molecule has 3 aromatic carbocycles. The van der Waals surface area contributed by atoms with Gasteiger partial charge >= 0.3 is 0 Å². The summed E-state index contributed by atoms with van der Waals surface area (Å²) in [7, 11) is 0. The molecule has 0 fully saturated rings. The first-order valence-corrected chi connectivity index (χ1v) is 8.63. The van der Waals surface area contributed by atoms with Crippen molar-refractivity contribution in [2.24, 2.45) is 0 Å². The molecule has 3 heteroatoms. The van der Waals surface area contributed by atoms with Gasteiger partial charge in [0.05, 0.1) is 0 Å². The number of benzene rings is 3. The van der Waals surface area contributed by atoms with Gasteiger partial charge in [0.15, 0.2) is 17.3 Å². The van der Waals surface area contributed by atoms with Crippen LogP contribution in [-0.2, 0) is 0 Å². The van der Waals surface area contributed by atoms with E-state index in [2.05, 4.69) is 0 Å². The van der Waals surface area contributed by atoms with Crippen LogP contribution < -0.4 is 0 Å². The molecule has 0 aromatic heterocycles. The van der Waals surface area contributed by atoms with Gasteiger partial charge in [-0.05, 0) is 6.08 Å². The van der Waals surface area contributed by atoms with Crippen molar-refractivity contribution < 1.29 is 14.4 Å². The minimum Gasteiger partial charge on any atom is -0.294 e. The Morgan fingerprint density at radius 3 is 1.56 bits per heavy atom. The van der Waals surface area contributed by atoms with Crippen LogP contribution in [0.5, 0.6) is 0 Å². The highest BCUT2D eigenvalue weighted by molar-refractivity contribution is 6.17. The molecule has 0 unspecified atom stereocenters. The van der Waals surface area contributed by atoms with Gasteiger partial charge in [0, 0.05) is 28.7 Å². The molecule has 3 aromatic rings. The van der Waals surface area contributed by atoms with Crippen LogP contribution in [0.1, 0.15) is 37.5 Å². The number of allylic oxidation sites excluding steroid dienone is 2. The van der Waals surface area contributed by atoms with Crippen LogP contribution >= 0.6 is 0 Å². The lowest BCUT2D eigenvalue weighted by molar-refractivity contribution is 0.0957. The highest BCUT2D eigenvalue weighted by atomic mass is 16.1. The van der Waals surface area contributed by atoms with Crippen LogP contribution in [-0.4, -0.2) is 17.3 Å². The topological polar surface area (TPSA) is 51.2 Å². The Bertz CT molecular complexity index is 972. The fourth-order valence-corrected chi connectivity index (χ4v) is 2.71. The normalized spacial score (nSPS) is 11.0. The van der Waals surface area contributed by atoms with Gasteiger partial charge in [0.1, 0.15) is 0 Å². The van der Waals surface area contributed by atoms with Crippen molar-refractivity contribution in [2.45, 2.75) is 6.42 Å². The van der Waals surface area contributed by atoms with Crippen molar-refractivity contribution in [1.82, 2.24) is 0 Å². The second-order valence-electron chi connectivity index (χ2n) is 6.06. The average molecular weight is 354 g/mol. The molecule has 0 aliphatic heterocycles. The molecule has 0 saturated carbocycles. The Balaban J connectivity index is 1.93. The van der Waals surface area contributed by atoms with Crippen LogP contribution in [0.15, 0.2) is 103 Å². The molecular weight excluding hydrogens is 336 g/mol. The van der Waals surface area contributed by atoms with Gasteiger partial charge in [-0.3, -0.25) is 14.4 Å². The van der Waals surface area contributed by atoms with E-state index in [1.165, 1.54) is 6.08 Å². The predicted molar refractivity (Wildman–Crippen MR) is 105 cm³/mol. The van der Waals surface area contributed by atoms with Crippen molar-refractivity contribution in [2.75, 3.05) is 0 Å². The lowest BCUT2D eigenvalue weighted by Gasteiger charge is -2.07. The van der Waals surface area contributed by atoms with E-state index in [9.17, 15) is 14.4 Å². The molecule has 0 atom stereocenters. The number of hydrogen-bond acceptors (Lipinski definition) is 3. The summed E-state index contributed by atoms with van der Waals surface area (Å²) in [6, 6.07) is 26.1. The molecule has 3 rings (SSSR count). The minimum atomic E-state index is -0.316. The van der Waals surface area contributed by atoms with Gasteiger partial charge in [0.25, 0.3) is 0 Å². The molecule has 3 nitrogen and oxygen atoms in total. The van der Waals surface area contributed by atoms with Crippen LogP contribution in [0, 0.1) is 0 Å². The van der Waals surface area contributed by atoms with Gasteiger partial charge < -0.3 is 0 Å². The summed E-state index contributed by atoms with van der Waals surface area (Å²) in [5.41, 5.74) is 1.62. The quantitative estimate of drug-likeness (QED) is 0.445. The summed E-state index contributed by atoms with van der Waals surface area (Å²) >= 11 is 0. The smallest absolute Gasteiger partial charge is 0.189 e. The van der Waals surface area contributed by atoms with E-state index in [-0.39, 0.29) is 29.3 Å². The first-order valence-electron chi connectivity index (χ1n) is 8.63. The van der Waals surface area contributed by atoms with Crippen molar-refractivity contribution in [3.8, 4) is 0 Å². The van der Waals surface area contributed by atoms with Gasteiger partial charge in [-0.2, -0.15) is 0 Å². The van der Waals surface area contributed by atoms with E-state index < -0.39 is 0 Å². The largest absolute Gasteiger partial charge is 0.294 e. The minimum absolute atomic E-state index is 0.129. The van der Waals surface area contributed by atoms with E-state index in [0.29, 0.717) is 16.7 Å². The molecule has 0 radical (unpaired) electrons. The third-order valence-corrected chi connectivity index (χ3v) is 4.14. The molecule has 0 spiro atoms. The summed E-state index contributed by atoms with van der Waals surface area (Å²) in [6.07, 6.45) is 1.15.